The Morgan fingerprint density at radius 2 is 1.65 bits per heavy atom. The normalized spacial score (nSPS) is 15.1. The predicted octanol–water partition coefficient (Wildman–Crippen LogP) is 5.20. The first-order valence-electron chi connectivity index (χ1n) is 13.9. The van der Waals surface area contributed by atoms with Crippen LogP contribution in [0.1, 0.15) is 33.5 Å². The highest BCUT2D eigenvalue weighted by atomic mass is 16.1. The van der Waals surface area contributed by atoms with E-state index >= 15 is 0 Å². The molecule has 40 heavy (non-hydrogen) atoms. The van der Waals surface area contributed by atoms with Gasteiger partial charge in [0.25, 0.3) is 5.91 Å². The van der Waals surface area contributed by atoms with Gasteiger partial charge >= 0.3 is 0 Å². The second kappa shape index (κ2) is 12.8. The van der Waals surface area contributed by atoms with Crippen LogP contribution in [0.5, 0.6) is 0 Å². The summed E-state index contributed by atoms with van der Waals surface area (Å²) in [5.41, 5.74) is 7.61. The summed E-state index contributed by atoms with van der Waals surface area (Å²) in [6, 6.07) is 17.5. The molecule has 2 N–H and O–H groups in total. The van der Waals surface area contributed by atoms with Gasteiger partial charge in [0.1, 0.15) is 0 Å². The van der Waals surface area contributed by atoms with E-state index in [2.05, 4.69) is 55.5 Å². The summed E-state index contributed by atoms with van der Waals surface area (Å²) in [7, 11) is 4.35. The summed E-state index contributed by atoms with van der Waals surface area (Å²) in [6.45, 7) is 6.93. The van der Waals surface area contributed by atoms with Gasteiger partial charge in [0, 0.05) is 67.3 Å². The molecule has 3 heterocycles. The first kappa shape index (κ1) is 27.4. The highest BCUT2D eigenvalue weighted by Crippen LogP contribution is 2.26. The largest absolute Gasteiger partial charge is 0.324 e. The fraction of sp³-hybridized carbons (Fsp3) is 0.312. The SMILES string of the molecule is CN1CCN(C)CC1.Cc1ccc(NC(=O)c2ccc3c(c2)CCC3)cc1Nc1nccc(-c2cccnc2)n1. The molecule has 1 saturated heterocycles. The molecule has 2 aromatic carbocycles. The maximum Gasteiger partial charge on any atom is 0.255 e. The summed E-state index contributed by atoms with van der Waals surface area (Å²) < 4.78 is 0. The van der Waals surface area contributed by atoms with Crippen molar-refractivity contribution in [2.75, 3.05) is 50.9 Å². The van der Waals surface area contributed by atoms with Crippen LogP contribution in [0.15, 0.2) is 73.2 Å². The van der Waals surface area contributed by atoms with Gasteiger partial charge in [-0.1, -0.05) is 12.1 Å². The van der Waals surface area contributed by atoms with E-state index in [0.717, 1.165) is 41.8 Å². The Kier molecular flexibility index (Phi) is 8.78. The molecule has 206 valence electrons. The standard InChI is InChI=1S/C26H23N5O.C6H14N2/c1-17-7-10-22(29-25(32)20-9-8-18-4-2-5-19(18)14-20)15-24(17)31-26-28-13-11-23(30-26)21-6-3-12-27-16-21;1-7-3-5-8(2)6-4-7/h3,6-16H,2,4-5H2,1H3,(H,29,32)(H,28,30,31);3-6H2,1-2H3. The molecule has 1 fully saturated rings. The van der Waals surface area contributed by atoms with E-state index in [-0.39, 0.29) is 5.91 Å². The molecular weight excluding hydrogens is 498 g/mol. The number of amides is 1. The topological polar surface area (TPSA) is 86.3 Å². The van der Waals surface area contributed by atoms with Crippen molar-refractivity contribution in [2.45, 2.75) is 26.2 Å². The van der Waals surface area contributed by atoms with Gasteiger partial charge in [-0.05, 0) is 99.4 Å². The Morgan fingerprint density at radius 3 is 2.40 bits per heavy atom. The third kappa shape index (κ3) is 7.08. The van der Waals surface area contributed by atoms with E-state index in [1.807, 2.05) is 55.5 Å². The number of carbonyl (C=O) groups is 1. The zero-order valence-electron chi connectivity index (χ0n) is 23.5. The Balaban J connectivity index is 0.000000348. The molecule has 0 radical (unpaired) electrons. The number of hydrogen-bond donors (Lipinski definition) is 2. The number of benzene rings is 2. The van der Waals surface area contributed by atoms with Crippen molar-refractivity contribution in [3.63, 3.8) is 0 Å². The number of hydrogen-bond acceptors (Lipinski definition) is 7. The molecule has 0 atom stereocenters. The molecule has 6 rings (SSSR count). The fourth-order valence-electron chi connectivity index (χ4n) is 4.87. The molecule has 8 nitrogen and oxygen atoms in total. The number of carbonyl (C=O) groups excluding carboxylic acids is 1. The zero-order chi connectivity index (χ0) is 27.9. The number of fused-ring (bicyclic) bond motifs is 1. The van der Waals surface area contributed by atoms with Gasteiger partial charge in [0.15, 0.2) is 0 Å². The van der Waals surface area contributed by atoms with Crippen LogP contribution >= 0.6 is 0 Å². The average molecular weight is 536 g/mol. The molecule has 1 aliphatic heterocycles. The first-order chi connectivity index (χ1) is 19.4. The molecule has 2 aliphatic rings. The Hall–Kier alpha value is -4.14. The molecular formula is C32H37N7O. The number of nitrogens with zero attached hydrogens (tertiary/aromatic N) is 5. The van der Waals surface area contributed by atoms with Gasteiger partial charge in [-0.2, -0.15) is 0 Å². The summed E-state index contributed by atoms with van der Waals surface area (Å²) in [5, 5.41) is 6.29. The van der Waals surface area contributed by atoms with Crippen LogP contribution in [0.2, 0.25) is 0 Å². The van der Waals surface area contributed by atoms with Gasteiger partial charge in [-0.15, -0.1) is 0 Å². The third-order valence-electron chi connectivity index (χ3n) is 7.44. The highest BCUT2D eigenvalue weighted by molar-refractivity contribution is 6.04. The molecule has 0 unspecified atom stereocenters. The summed E-state index contributed by atoms with van der Waals surface area (Å²) in [5.74, 6) is 0.376. The molecule has 1 aliphatic carbocycles. The number of anilines is 3. The molecule has 8 heteroatoms. The lowest BCUT2D eigenvalue weighted by molar-refractivity contribution is 0.102. The van der Waals surface area contributed by atoms with E-state index < -0.39 is 0 Å². The van der Waals surface area contributed by atoms with Crippen molar-refractivity contribution in [1.29, 1.82) is 0 Å². The van der Waals surface area contributed by atoms with E-state index in [9.17, 15) is 4.79 Å². The lowest BCUT2D eigenvalue weighted by atomic mass is 10.1. The lowest BCUT2D eigenvalue weighted by Crippen LogP contribution is -2.42. The number of rotatable bonds is 5. The Labute approximate surface area is 236 Å². The van der Waals surface area contributed by atoms with E-state index in [1.54, 1.807) is 18.6 Å². The number of aryl methyl sites for hydroxylation is 3. The molecule has 0 bridgehead atoms. The van der Waals surface area contributed by atoms with Crippen LogP contribution in [-0.4, -0.2) is 70.9 Å². The maximum atomic E-state index is 12.8. The van der Waals surface area contributed by atoms with Crippen LogP contribution in [0.25, 0.3) is 11.3 Å². The van der Waals surface area contributed by atoms with Gasteiger partial charge in [0.2, 0.25) is 5.95 Å². The van der Waals surface area contributed by atoms with E-state index in [4.69, 9.17) is 0 Å². The third-order valence-corrected chi connectivity index (χ3v) is 7.44. The van der Waals surface area contributed by atoms with Gasteiger partial charge in [-0.3, -0.25) is 9.78 Å². The summed E-state index contributed by atoms with van der Waals surface area (Å²) in [4.78, 5) is 30.6. The van der Waals surface area contributed by atoms with Crippen molar-refractivity contribution in [3.8, 4) is 11.3 Å². The van der Waals surface area contributed by atoms with E-state index in [0.29, 0.717) is 17.2 Å². The van der Waals surface area contributed by atoms with Crippen LogP contribution < -0.4 is 10.6 Å². The minimum atomic E-state index is -0.107. The van der Waals surface area contributed by atoms with Crippen molar-refractivity contribution < 1.29 is 4.79 Å². The number of pyridine rings is 1. The predicted molar refractivity (Wildman–Crippen MR) is 161 cm³/mol. The van der Waals surface area contributed by atoms with Crippen molar-refractivity contribution in [1.82, 2.24) is 24.8 Å². The fourth-order valence-corrected chi connectivity index (χ4v) is 4.87. The van der Waals surface area contributed by atoms with E-state index in [1.165, 1.54) is 37.3 Å². The van der Waals surface area contributed by atoms with Gasteiger partial charge < -0.3 is 20.4 Å². The molecule has 0 spiro atoms. The molecule has 4 aromatic rings. The molecule has 1 amide bonds. The van der Waals surface area contributed by atoms with Crippen LogP contribution in [0.3, 0.4) is 0 Å². The van der Waals surface area contributed by atoms with Crippen LogP contribution in [0, 0.1) is 6.92 Å². The Morgan fingerprint density at radius 1 is 0.875 bits per heavy atom. The van der Waals surface area contributed by atoms with Crippen molar-refractivity contribution in [2.24, 2.45) is 0 Å². The molecule has 0 saturated carbocycles. The van der Waals surface area contributed by atoms with Crippen molar-refractivity contribution >= 4 is 23.2 Å². The number of aromatic nitrogens is 3. The van der Waals surface area contributed by atoms with Crippen LogP contribution in [-0.2, 0) is 12.8 Å². The number of likely N-dealkylation sites (N-methyl/N-ethyl adjacent to an activating group) is 2. The molecule has 2 aromatic heterocycles. The summed E-state index contributed by atoms with van der Waals surface area (Å²) in [6.07, 6.45) is 8.54. The maximum absolute atomic E-state index is 12.8. The minimum absolute atomic E-state index is 0.107. The Bertz CT molecular complexity index is 1440. The minimum Gasteiger partial charge on any atom is -0.324 e. The van der Waals surface area contributed by atoms with Gasteiger partial charge in [0.05, 0.1) is 5.69 Å². The second-order valence-corrected chi connectivity index (χ2v) is 10.6. The van der Waals surface area contributed by atoms with Crippen LogP contribution in [0.4, 0.5) is 17.3 Å². The zero-order valence-corrected chi connectivity index (χ0v) is 23.5. The quantitative estimate of drug-likeness (QED) is 0.364. The summed E-state index contributed by atoms with van der Waals surface area (Å²) >= 11 is 0. The number of nitrogens with one attached hydrogen (secondary N) is 2. The smallest absolute Gasteiger partial charge is 0.255 e. The number of piperazine rings is 1. The monoisotopic (exact) mass is 535 g/mol. The first-order valence-corrected chi connectivity index (χ1v) is 13.9. The lowest BCUT2D eigenvalue weighted by Gasteiger charge is -2.28. The van der Waals surface area contributed by atoms with Crippen molar-refractivity contribution in [3.05, 3.63) is 95.4 Å². The van der Waals surface area contributed by atoms with Gasteiger partial charge in [-0.25, -0.2) is 9.97 Å². The highest BCUT2D eigenvalue weighted by Gasteiger charge is 2.15. The average Bonchev–Trinajstić information content (AvgIpc) is 3.46. The second-order valence-electron chi connectivity index (χ2n) is 10.6.